The number of hydrogen-bond acceptors (Lipinski definition) is 4. The first-order chi connectivity index (χ1) is 18.4. The number of hydrazine groups is 1. The summed E-state index contributed by atoms with van der Waals surface area (Å²) in [4.78, 5) is 44.3. The molecule has 200 valence electrons. The Hall–Kier alpha value is -3.83. The van der Waals surface area contributed by atoms with Crippen LogP contribution in [0, 0.1) is 12.3 Å². The van der Waals surface area contributed by atoms with Crippen LogP contribution in [0.25, 0.3) is 0 Å². The highest BCUT2D eigenvalue weighted by Crippen LogP contribution is 2.30. The second kappa shape index (κ2) is 12.6. The fraction of sp³-hybridized carbons (Fsp3) is 0.433. The van der Waals surface area contributed by atoms with Crippen molar-refractivity contribution < 1.29 is 14.4 Å². The molecule has 1 unspecified atom stereocenters. The van der Waals surface area contributed by atoms with Crippen molar-refractivity contribution in [3.05, 3.63) is 71.8 Å². The molecule has 2 heterocycles. The summed E-state index contributed by atoms with van der Waals surface area (Å²) < 4.78 is 0. The van der Waals surface area contributed by atoms with Gasteiger partial charge >= 0.3 is 6.03 Å². The van der Waals surface area contributed by atoms with Gasteiger partial charge in [0.05, 0.1) is 19.6 Å². The summed E-state index contributed by atoms with van der Waals surface area (Å²) in [6.45, 7) is 5.29. The second-order valence-corrected chi connectivity index (χ2v) is 10.0. The molecule has 8 heteroatoms. The fourth-order valence-corrected chi connectivity index (χ4v) is 5.35. The Morgan fingerprint density at radius 2 is 1.79 bits per heavy atom. The molecule has 0 saturated carbocycles. The van der Waals surface area contributed by atoms with Gasteiger partial charge in [0.15, 0.2) is 0 Å². The highest BCUT2D eigenvalue weighted by molar-refractivity contribution is 5.91. The zero-order valence-corrected chi connectivity index (χ0v) is 22.3. The first kappa shape index (κ1) is 27.2. The monoisotopic (exact) mass is 515 g/mol. The Balaban J connectivity index is 1.63. The number of fused-ring (bicyclic) bond motifs is 1. The van der Waals surface area contributed by atoms with E-state index in [-0.39, 0.29) is 43.4 Å². The van der Waals surface area contributed by atoms with Crippen molar-refractivity contribution in [3.63, 3.8) is 0 Å². The van der Waals surface area contributed by atoms with Crippen molar-refractivity contribution in [2.45, 2.75) is 57.8 Å². The quantitative estimate of drug-likeness (QED) is 0.520. The normalized spacial score (nSPS) is 20.6. The second-order valence-electron chi connectivity index (χ2n) is 10.0. The van der Waals surface area contributed by atoms with E-state index < -0.39 is 12.2 Å². The Morgan fingerprint density at radius 1 is 1.11 bits per heavy atom. The number of hydrogen-bond donors (Lipinski definition) is 1. The number of rotatable bonds is 9. The van der Waals surface area contributed by atoms with Gasteiger partial charge in [-0.3, -0.25) is 9.59 Å². The molecule has 2 aliphatic rings. The van der Waals surface area contributed by atoms with Gasteiger partial charge in [-0.15, -0.1) is 6.42 Å². The van der Waals surface area contributed by atoms with Crippen molar-refractivity contribution in [2.75, 3.05) is 26.2 Å². The molecule has 0 spiro atoms. The molecule has 2 aliphatic heterocycles. The van der Waals surface area contributed by atoms with Gasteiger partial charge < -0.3 is 15.1 Å². The summed E-state index contributed by atoms with van der Waals surface area (Å²) in [5.74, 6) is 2.45. The lowest BCUT2D eigenvalue weighted by Gasteiger charge is -2.55. The van der Waals surface area contributed by atoms with Crippen molar-refractivity contribution in [2.24, 2.45) is 0 Å². The lowest BCUT2D eigenvalue weighted by molar-refractivity contribution is -0.189. The maximum atomic E-state index is 13.8. The first-order valence-corrected chi connectivity index (χ1v) is 13.4. The molecule has 4 rings (SSSR count). The molecule has 4 amide bonds. The minimum absolute atomic E-state index is 0.0459. The van der Waals surface area contributed by atoms with Crippen LogP contribution in [0.4, 0.5) is 4.79 Å². The van der Waals surface area contributed by atoms with Gasteiger partial charge in [0.25, 0.3) is 0 Å². The number of unbranched alkanes of at least 4 members (excludes halogenated alkanes) is 1. The molecule has 38 heavy (non-hydrogen) atoms. The van der Waals surface area contributed by atoms with E-state index >= 15 is 0 Å². The SMILES string of the molecule is C#CCN1CC(=O)N2[C@@H](CCCC)C(=O)N(CC(C)c3ccccc3)C[C@@H]2N1C(=O)NCc1ccccc1. The number of benzene rings is 2. The third kappa shape index (κ3) is 6.00. The first-order valence-electron chi connectivity index (χ1n) is 13.4. The van der Waals surface area contributed by atoms with Crippen LogP contribution in [-0.4, -0.2) is 76.0 Å². The van der Waals surface area contributed by atoms with E-state index in [0.717, 1.165) is 24.0 Å². The molecule has 2 saturated heterocycles. The zero-order valence-electron chi connectivity index (χ0n) is 22.3. The van der Waals surface area contributed by atoms with Crippen LogP contribution < -0.4 is 5.32 Å². The predicted octanol–water partition coefficient (Wildman–Crippen LogP) is 3.42. The Bertz CT molecular complexity index is 1150. The molecule has 2 aromatic carbocycles. The highest BCUT2D eigenvalue weighted by atomic mass is 16.2. The van der Waals surface area contributed by atoms with Crippen molar-refractivity contribution in [1.82, 2.24) is 25.1 Å². The number of terminal acetylenes is 1. The molecule has 2 fully saturated rings. The van der Waals surface area contributed by atoms with Crippen molar-refractivity contribution in [1.29, 1.82) is 0 Å². The van der Waals surface area contributed by atoms with Gasteiger partial charge in [-0.1, -0.05) is 93.3 Å². The van der Waals surface area contributed by atoms with E-state index in [2.05, 4.69) is 37.2 Å². The largest absolute Gasteiger partial charge is 0.336 e. The fourth-order valence-electron chi connectivity index (χ4n) is 5.35. The topological polar surface area (TPSA) is 76.2 Å². The summed E-state index contributed by atoms with van der Waals surface area (Å²) in [5.41, 5.74) is 2.10. The minimum Gasteiger partial charge on any atom is -0.336 e. The number of amides is 4. The summed E-state index contributed by atoms with van der Waals surface area (Å²) >= 11 is 0. The molecule has 3 atom stereocenters. The number of carbonyl (C=O) groups excluding carboxylic acids is 3. The summed E-state index contributed by atoms with van der Waals surface area (Å²) in [7, 11) is 0. The van der Waals surface area contributed by atoms with Crippen LogP contribution in [-0.2, 0) is 16.1 Å². The van der Waals surface area contributed by atoms with Gasteiger partial charge in [-0.2, -0.15) is 5.01 Å². The number of nitrogens with one attached hydrogen (secondary N) is 1. The number of nitrogens with zero attached hydrogens (tertiary/aromatic N) is 4. The lowest BCUT2D eigenvalue weighted by Crippen LogP contribution is -2.76. The van der Waals surface area contributed by atoms with Gasteiger partial charge in [-0.25, -0.2) is 9.80 Å². The number of urea groups is 1. The molecular formula is C30H37N5O3. The maximum Gasteiger partial charge on any atom is 0.334 e. The minimum atomic E-state index is -0.636. The smallest absolute Gasteiger partial charge is 0.334 e. The molecular weight excluding hydrogens is 478 g/mol. The molecule has 0 aliphatic carbocycles. The van der Waals surface area contributed by atoms with Crippen LogP contribution in [0.5, 0.6) is 0 Å². The Morgan fingerprint density at radius 3 is 2.45 bits per heavy atom. The average Bonchev–Trinajstić information content (AvgIpc) is 2.93. The van der Waals surface area contributed by atoms with Crippen LogP contribution >= 0.6 is 0 Å². The van der Waals surface area contributed by atoms with E-state index in [1.54, 1.807) is 14.9 Å². The van der Waals surface area contributed by atoms with E-state index in [0.29, 0.717) is 19.5 Å². The predicted molar refractivity (Wildman–Crippen MR) is 146 cm³/mol. The standard InChI is InChI=1S/C30H37N5O3/c1-4-6-17-26-29(37)32(20-23(3)25-15-11-8-12-16-25)21-27-34(26)28(36)22-33(18-5-2)35(27)30(38)31-19-24-13-9-7-10-14-24/h2,7-16,23,26-27H,4,6,17-22H2,1,3H3,(H,31,38)/t23?,26-,27-/m0/s1. The maximum absolute atomic E-state index is 13.8. The molecule has 0 bridgehead atoms. The highest BCUT2D eigenvalue weighted by Gasteiger charge is 2.51. The third-order valence-electron chi connectivity index (χ3n) is 7.29. The van der Waals surface area contributed by atoms with E-state index in [4.69, 9.17) is 6.42 Å². The molecule has 2 aromatic rings. The third-order valence-corrected chi connectivity index (χ3v) is 7.29. The molecule has 1 N–H and O–H groups in total. The van der Waals surface area contributed by atoms with Crippen LogP contribution in [0.15, 0.2) is 60.7 Å². The number of piperazine rings is 1. The van der Waals surface area contributed by atoms with Crippen molar-refractivity contribution >= 4 is 17.8 Å². The molecule has 0 radical (unpaired) electrons. The van der Waals surface area contributed by atoms with Gasteiger partial charge in [0.1, 0.15) is 12.2 Å². The Labute approximate surface area is 225 Å². The number of carbonyl (C=O) groups is 3. The van der Waals surface area contributed by atoms with Gasteiger partial charge in [0, 0.05) is 13.1 Å². The van der Waals surface area contributed by atoms with Crippen molar-refractivity contribution in [3.8, 4) is 12.3 Å². The molecule has 8 nitrogen and oxygen atoms in total. The van der Waals surface area contributed by atoms with Crippen LogP contribution in [0.1, 0.15) is 50.2 Å². The van der Waals surface area contributed by atoms with Crippen LogP contribution in [0.2, 0.25) is 0 Å². The van der Waals surface area contributed by atoms with E-state index in [1.807, 2.05) is 53.4 Å². The Kier molecular flexibility index (Phi) is 9.03. The zero-order chi connectivity index (χ0) is 27.1. The van der Waals surface area contributed by atoms with E-state index in [1.165, 1.54) is 0 Å². The lowest BCUT2D eigenvalue weighted by atomic mass is 9.97. The average molecular weight is 516 g/mol. The van der Waals surface area contributed by atoms with E-state index in [9.17, 15) is 14.4 Å². The van der Waals surface area contributed by atoms with Crippen LogP contribution in [0.3, 0.4) is 0 Å². The summed E-state index contributed by atoms with van der Waals surface area (Å²) in [6, 6.07) is 18.8. The summed E-state index contributed by atoms with van der Waals surface area (Å²) in [5, 5.41) is 6.18. The van der Waals surface area contributed by atoms with Gasteiger partial charge in [-0.05, 0) is 23.5 Å². The summed E-state index contributed by atoms with van der Waals surface area (Å²) in [6.07, 6.45) is 7.27. The molecule has 0 aromatic heterocycles. The van der Waals surface area contributed by atoms with Gasteiger partial charge in [0.2, 0.25) is 11.8 Å².